The molecule has 7 rings (SSSR count). The second kappa shape index (κ2) is 12.9. The molecule has 1 amide bonds. The van der Waals surface area contributed by atoms with Gasteiger partial charge in [0, 0.05) is 49.9 Å². The molecule has 256 valence electrons. The molecular formula is C31H36F2N8O5S2. The van der Waals surface area contributed by atoms with Crippen LogP contribution in [0.5, 0.6) is 6.01 Å². The van der Waals surface area contributed by atoms with Crippen molar-refractivity contribution in [2.45, 2.75) is 18.9 Å². The third-order valence-electron chi connectivity index (χ3n) is 8.97. The van der Waals surface area contributed by atoms with E-state index in [0.717, 1.165) is 49.9 Å². The molecule has 1 saturated carbocycles. The Morgan fingerprint density at radius 3 is 2.75 bits per heavy atom. The number of carbonyl (C=O) groups excluding carboxylic acids is 1. The molecule has 2 saturated heterocycles. The Hall–Kier alpha value is -3.74. The van der Waals surface area contributed by atoms with E-state index in [9.17, 15) is 18.3 Å². The average Bonchev–Trinajstić information content (AvgIpc) is 3.74. The number of halogens is 2. The number of aromatic nitrogens is 4. The van der Waals surface area contributed by atoms with Gasteiger partial charge in [0.2, 0.25) is 5.91 Å². The van der Waals surface area contributed by atoms with E-state index < -0.39 is 34.2 Å². The van der Waals surface area contributed by atoms with Crippen LogP contribution in [-0.2, 0) is 9.53 Å². The average molecular weight is 703 g/mol. The van der Waals surface area contributed by atoms with Crippen LogP contribution in [0.25, 0.3) is 32.4 Å². The van der Waals surface area contributed by atoms with E-state index in [1.165, 1.54) is 18.3 Å². The minimum absolute atomic E-state index is 0.00457. The monoisotopic (exact) mass is 702 g/mol. The summed E-state index contributed by atoms with van der Waals surface area (Å²) in [5.41, 5.74) is 6.06. The number of pyridine rings is 1. The lowest BCUT2D eigenvalue weighted by atomic mass is 10.1. The van der Waals surface area contributed by atoms with Gasteiger partial charge >= 0.3 is 6.01 Å². The summed E-state index contributed by atoms with van der Waals surface area (Å²) in [6.45, 7) is 8.01. The van der Waals surface area contributed by atoms with Crippen LogP contribution in [0.4, 0.5) is 19.7 Å². The number of benzene rings is 1. The molecule has 3 fully saturated rings. The highest BCUT2D eigenvalue weighted by atomic mass is 32.3. The number of amides is 1. The summed E-state index contributed by atoms with van der Waals surface area (Å²) < 4.78 is 64.6. The molecule has 0 spiro atoms. The number of anilines is 2. The molecule has 13 nitrogen and oxygen atoms in total. The molecule has 5 heterocycles. The minimum atomic E-state index is -3.05. The van der Waals surface area contributed by atoms with Gasteiger partial charge in [-0.3, -0.25) is 23.8 Å². The van der Waals surface area contributed by atoms with Crippen LogP contribution >= 0.6 is 21.9 Å². The predicted octanol–water partition coefficient (Wildman–Crippen LogP) is 3.89. The van der Waals surface area contributed by atoms with E-state index in [1.54, 1.807) is 4.90 Å². The minimum Gasteiger partial charge on any atom is -0.463 e. The van der Waals surface area contributed by atoms with Crippen molar-refractivity contribution in [3.8, 4) is 17.3 Å². The highest BCUT2D eigenvalue weighted by Crippen LogP contribution is 2.47. The maximum atomic E-state index is 16.7. The lowest BCUT2D eigenvalue weighted by Crippen LogP contribution is -2.44. The van der Waals surface area contributed by atoms with Crippen LogP contribution in [0.3, 0.4) is 0 Å². The summed E-state index contributed by atoms with van der Waals surface area (Å²) in [5, 5.41) is 3.15. The molecule has 17 heteroatoms. The quantitative estimate of drug-likeness (QED) is 0.186. The Kier molecular flexibility index (Phi) is 8.84. The number of nitrogen functional groups attached to an aromatic ring is 1. The maximum absolute atomic E-state index is 16.7. The number of morpholine rings is 1. The van der Waals surface area contributed by atoms with E-state index in [-0.39, 0.29) is 79.3 Å². The number of carbonyl (C=O) groups is 1. The molecule has 2 aliphatic heterocycles. The third-order valence-corrected chi connectivity index (χ3v) is 11.6. The third kappa shape index (κ3) is 6.75. The Morgan fingerprint density at radius 2 is 2.00 bits per heavy atom. The van der Waals surface area contributed by atoms with Crippen LogP contribution in [-0.4, -0.2) is 110 Å². The zero-order valence-electron chi connectivity index (χ0n) is 26.0. The number of thiazole rings is 1. The Bertz CT molecular complexity index is 1890. The molecule has 3 aromatic heterocycles. The van der Waals surface area contributed by atoms with E-state index in [0.29, 0.717) is 19.8 Å². The molecule has 1 atom stereocenters. The van der Waals surface area contributed by atoms with Crippen molar-refractivity contribution in [2.75, 3.05) is 74.7 Å². The van der Waals surface area contributed by atoms with Gasteiger partial charge in [0.15, 0.2) is 10.9 Å². The molecule has 0 radical (unpaired) electrons. The Labute approximate surface area is 280 Å². The van der Waals surface area contributed by atoms with Gasteiger partial charge in [-0.25, -0.2) is 13.8 Å². The molecule has 0 bridgehead atoms. The number of hydrogen-bond acceptors (Lipinski definition) is 13. The van der Waals surface area contributed by atoms with Crippen LogP contribution < -0.4 is 20.7 Å². The van der Waals surface area contributed by atoms with Gasteiger partial charge < -0.3 is 25.4 Å². The summed E-state index contributed by atoms with van der Waals surface area (Å²) in [6, 6.07) is 1.91. The molecular weight excluding hydrogens is 667 g/mol. The first-order valence-electron chi connectivity index (χ1n) is 15.6. The highest BCUT2D eigenvalue weighted by Gasteiger charge is 2.45. The summed E-state index contributed by atoms with van der Waals surface area (Å²) >= 11 is 0.959. The molecule has 48 heavy (non-hydrogen) atoms. The largest absolute Gasteiger partial charge is 0.463 e. The molecule has 1 aliphatic carbocycles. The van der Waals surface area contributed by atoms with Crippen molar-refractivity contribution in [3.05, 3.63) is 42.6 Å². The Balaban J connectivity index is 1.29. The van der Waals surface area contributed by atoms with Gasteiger partial charge in [0.05, 0.1) is 53.0 Å². The number of rotatable bonds is 9. The van der Waals surface area contributed by atoms with Gasteiger partial charge in [0.25, 0.3) is 0 Å². The van der Waals surface area contributed by atoms with E-state index in [4.69, 9.17) is 20.2 Å². The van der Waals surface area contributed by atoms with E-state index >= 15 is 4.39 Å². The lowest BCUT2D eigenvalue weighted by molar-refractivity contribution is -0.116. The zero-order valence-corrected chi connectivity index (χ0v) is 27.7. The van der Waals surface area contributed by atoms with Crippen LogP contribution in [0.1, 0.15) is 12.8 Å². The summed E-state index contributed by atoms with van der Waals surface area (Å²) in [6.07, 6.45) is 4.48. The van der Waals surface area contributed by atoms with Gasteiger partial charge in [-0.15, -0.1) is 0 Å². The second-order valence-electron chi connectivity index (χ2n) is 12.5. The van der Waals surface area contributed by atoms with E-state index in [2.05, 4.69) is 31.7 Å². The lowest BCUT2D eigenvalue weighted by Gasteiger charge is -2.32. The molecule has 3 aliphatic rings. The molecule has 1 aromatic carbocycles. The molecule has 4 aromatic rings. The van der Waals surface area contributed by atoms with Crippen molar-refractivity contribution >= 4 is 59.9 Å². The number of ether oxygens (including phenoxy) is 2. The number of fused-ring (bicyclic) bond motifs is 2. The summed E-state index contributed by atoms with van der Waals surface area (Å²) in [5.74, 6) is -1.57. The fourth-order valence-corrected chi connectivity index (χ4v) is 8.56. The number of nitrogens with one attached hydrogen (secondary N) is 1. The van der Waals surface area contributed by atoms with Gasteiger partial charge in [-0.1, -0.05) is 17.9 Å². The standard InChI is InChI=1S/C31H36F2N8O5S2/c1-2-22(42)36-18-14-41(9-12-48(43,44)15-18)28-20-13-35-24(19-3-4-21(32)27-26(19)37-29(34)47-27)23(33)25(20)38-30(39-28)46-17-31(5-6-31)16-40-7-10-45-11-8-40/h2-4,13,18,43-44H,1,5-12,14-17H2,(H2,34,37)(H,36,42). The Morgan fingerprint density at radius 1 is 1.21 bits per heavy atom. The molecule has 1 unspecified atom stereocenters. The predicted molar refractivity (Wildman–Crippen MR) is 182 cm³/mol. The number of nitrogens with zero attached hydrogens (tertiary/aromatic N) is 6. The van der Waals surface area contributed by atoms with Crippen LogP contribution in [0.2, 0.25) is 0 Å². The van der Waals surface area contributed by atoms with Crippen LogP contribution in [0, 0.1) is 17.0 Å². The van der Waals surface area contributed by atoms with Gasteiger partial charge in [-0.2, -0.15) is 20.6 Å². The van der Waals surface area contributed by atoms with Crippen molar-refractivity contribution in [1.29, 1.82) is 0 Å². The first-order chi connectivity index (χ1) is 23.0. The van der Waals surface area contributed by atoms with Crippen molar-refractivity contribution in [1.82, 2.24) is 30.2 Å². The second-order valence-corrected chi connectivity index (χ2v) is 15.9. The smallest absolute Gasteiger partial charge is 0.319 e. The number of hydrogen-bond donors (Lipinski definition) is 4. The summed E-state index contributed by atoms with van der Waals surface area (Å²) in [4.78, 5) is 34.2. The van der Waals surface area contributed by atoms with Gasteiger partial charge in [-0.05, 0) is 31.1 Å². The topological polar surface area (TPSA) is 172 Å². The first kappa shape index (κ1) is 32.8. The number of nitrogens with two attached hydrogens (primary N) is 1. The maximum Gasteiger partial charge on any atom is 0.319 e. The van der Waals surface area contributed by atoms with Crippen LogP contribution in [0.15, 0.2) is 31.0 Å². The SMILES string of the molecule is C=CC(=O)NC1CN(c2nc(OCC3(CN4CCOCC4)CC3)nc3c(F)c(-c4ccc(F)c5sc(N)nc45)ncc23)CCS(O)(O)C1. The fraction of sp³-hybridized carbons (Fsp3) is 0.452. The summed E-state index contributed by atoms with van der Waals surface area (Å²) in [7, 11) is -3.05. The first-order valence-corrected chi connectivity index (χ1v) is 18.3. The molecule has 5 N–H and O–H groups in total. The zero-order chi connectivity index (χ0) is 33.6. The highest BCUT2D eigenvalue weighted by molar-refractivity contribution is 8.24. The van der Waals surface area contributed by atoms with Crippen molar-refractivity contribution in [2.24, 2.45) is 5.41 Å². The van der Waals surface area contributed by atoms with Crippen molar-refractivity contribution in [3.63, 3.8) is 0 Å². The normalized spacial score (nSPS) is 21.5. The fourth-order valence-electron chi connectivity index (χ4n) is 6.29. The van der Waals surface area contributed by atoms with Gasteiger partial charge in [0.1, 0.15) is 22.8 Å². The van der Waals surface area contributed by atoms with E-state index in [1.807, 2.05) is 0 Å². The van der Waals surface area contributed by atoms with Crippen molar-refractivity contribution < 1.29 is 32.2 Å².